The molecule has 29 heavy (non-hydrogen) atoms. The maximum absolute atomic E-state index is 12.4. The molecule has 4 rings (SSSR count). The van der Waals surface area contributed by atoms with Crippen molar-refractivity contribution in [3.63, 3.8) is 0 Å². The average Bonchev–Trinajstić information content (AvgIpc) is 3.18. The zero-order valence-corrected chi connectivity index (χ0v) is 16.1. The van der Waals surface area contributed by atoms with Crippen LogP contribution < -0.4 is 9.64 Å². The average molecular weight is 421 g/mol. The summed E-state index contributed by atoms with van der Waals surface area (Å²) in [6.45, 7) is 1.56. The van der Waals surface area contributed by atoms with Crippen molar-refractivity contribution in [2.75, 3.05) is 29.5 Å². The second-order valence-corrected chi connectivity index (χ2v) is 8.30. The lowest BCUT2D eigenvalue weighted by Gasteiger charge is -2.28. The van der Waals surface area contributed by atoms with Crippen LogP contribution in [-0.2, 0) is 10.8 Å². The summed E-state index contributed by atoms with van der Waals surface area (Å²) in [6, 6.07) is 13.7. The first-order valence-electron chi connectivity index (χ1n) is 8.99. The monoisotopic (exact) mass is 421 g/mol. The minimum Gasteiger partial charge on any atom is -0.406 e. The van der Waals surface area contributed by atoms with Crippen LogP contribution in [0.1, 0.15) is 0 Å². The highest BCUT2D eigenvalue weighted by molar-refractivity contribution is 7.85. The summed E-state index contributed by atoms with van der Waals surface area (Å²) in [6.07, 6.45) is -1.32. The third-order valence-corrected chi connectivity index (χ3v) is 5.92. The molecular formula is C20H18F3N3O2S. The molecule has 2 heterocycles. The van der Waals surface area contributed by atoms with Crippen molar-refractivity contribution in [2.45, 2.75) is 6.36 Å². The van der Waals surface area contributed by atoms with Crippen LogP contribution in [-0.4, -0.2) is 44.9 Å². The van der Waals surface area contributed by atoms with Crippen LogP contribution in [0.2, 0.25) is 0 Å². The molecule has 0 aliphatic carbocycles. The Morgan fingerprint density at radius 3 is 2.38 bits per heavy atom. The number of hydrogen-bond donors (Lipinski definition) is 0. The van der Waals surface area contributed by atoms with Crippen molar-refractivity contribution < 1.29 is 22.1 Å². The summed E-state index contributed by atoms with van der Waals surface area (Å²) < 4.78 is 54.2. The Kier molecular flexibility index (Phi) is 5.31. The molecule has 0 spiro atoms. The van der Waals surface area contributed by atoms with Gasteiger partial charge in [0, 0.05) is 58.9 Å². The molecule has 2 aromatic carbocycles. The topological polar surface area (TPSA) is 47.4 Å². The van der Waals surface area contributed by atoms with Crippen molar-refractivity contribution in [3.05, 3.63) is 60.9 Å². The van der Waals surface area contributed by atoms with Gasteiger partial charge in [0.05, 0.1) is 11.9 Å². The number of alkyl halides is 3. The van der Waals surface area contributed by atoms with E-state index in [9.17, 15) is 17.4 Å². The molecule has 1 fully saturated rings. The molecule has 1 aromatic heterocycles. The second-order valence-electron chi connectivity index (χ2n) is 6.60. The van der Waals surface area contributed by atoms with Gasteiger partial charge < -0.3 is 9.64 Å². The van der Waals surface area contributed by atoms with Crippen molar-refractivity contribution in [1.82, 2.24) is 9.78 Å². The molecule has 0 unspecified atom stereocenters. The first kappa shape index (κ1) is 19.5. The Hall–Kier alpha value is -2.81. The van der Waals surface area contributed by atoms with E-state index in [0.717, 1.165) is 29.9 Å². The van der Waals surface area contributed by atoms with E-state index in [0.29, 0.717) is 17.2 Å². The highest BCUT2D eigenvalue weighted by atomic mass is 32.2. The van der Waals surface area contributed by atoms with Gasteiger partial charge in [-0.1, -0.05) is 18.2 Å². The van der Waals surface area contributed by atoms with Gasteiger partial charge in [0.15, 0.2) is 0 Å². The Bertz CT molecular complexity index is 1010. The third-order valence-electron chi connectivity index (χ3n) is 4.64. The maximum atomic E-state index is 12.4. The zero-order valence-electron chi connectivity index (χ0n) is 15.3. The highest BCUT2D eigenvalue weighted by Crippen LogP contribution is 2.27. The molecule has 0 N–H and O–H groups in total. The van der Waals surface area contributed by atoms with Gasteiger partial charge in [-0.2, -0.15) is 5.10 Å². The molecule has 0 saturated carbocycles. The van der Waals surface area contributed by atoms with Gasteiger partial charge in [-0.25, -0.2) is 4.68 Å². The number of nitrogens with zero attached hydrogens (tertiary/aromatic N) is 3. The smallest absolute Gasteiger partial charge is 0.406 e. The van der Waals surface area contributed by atoms with Gasteiger partial charge in [0.1, 0.15) is 5.75 Å². The molecule has 1 saturated heterocycles. The van der Waals surface area contributed by atoms with Crippen LogP contribution in [0.25, 0.3) is 16.8 Å². The Labute approximate surface area is 168 Å². The number of halogens is 3. The maximum Gasteiger partial charge on any atom is 0.573 e. The van der Waals surface area contributed by atoms with Gasteiger partial charge in [-0.15, -0.1) is 13.2 Å². The fourth-order valence-electron chi connectivity index (χ4n) is 3.20. The second kappa shape index (κ2) is 7.90. The van der Waals surface area contributed by atoms with Crippen molar-refractivity contribution in [1.29, 1.82) is 0 Å². The third kappa shape index (κ3) is 4.79. The lowest BCUT2D eigenvalue weighted by Crippen LogP contribution is -2.37. The lowest BCUT2D eigenvalue weighted by atomic mass is 10.1. The molecule has 0 bridgehead atoms. The number of ether oxygens (including phenoxy) is 1. The van der Waals surface area contributed by atoms with Crippen molar-refractivity contribution in [2.24, 2.45) is 0 Å². The quantitative estimate of drug-likeness (QED) is 0.639. The first-order valence-corrected chi connectivity index (χ1v) is 10.5. The summed E-state index contributed by atoms with van der Waals surface area (Å²) in [4.78, 5) is 2.21. The van der Waals surface area contributed by atoms with E-state index in [4.69, 9.17) is 0 Å². The minimum atomic E-state index is -4.74. The largest absolute Gasteiger partial charge is 0.573 e. The molecule has 0 atom stereocenters. The first-order chi connectivity index (χ1) is 13.9. The standard InChI is InChI=1S/C20H18F3N3O2S/c21-20(22,23)28-19-3-1-2-18(12-19)26-14-16(13-24-26)15-4-6-17(7-5-15)25-8-10-29(27)11-9-25/h1-7,12-14H,8-11H2. The summed E-state index contributed by atoms with van der Waals surface area (Å²) >= 11 is 0. The minimum absolute atomic E-state index is 0.293. The number of anilines is 1. The molecule has 3 aromatic rings. The number of benzene rings is 2. The van der Waals surface area contributed by atoms with Crippen molar-refractivity contribution >= 4 is 16.5 Å². The van der Waals surface area contributed by atoms with Gasteiger partial charge in [0.25, 0.3) is 0 Å². The molecule has 0 radical (unpaired) electrons. The lowest BCUT2D eigenvalue weighted by molar-refractivity contribution is -0.274. The molecule has 1 aliphatic rings. The van der Waals surface area contributed by atoms with Gasteiger partial charge in [-0.3, -0.25) is 4.21 Å². The summed E-state index contributed by atoms with van der Waals surface area (Å²) in [5, 5.41) is 4.26. The summed E-state index contributed by atoms with van der Waals surface area (Å²) in [5.41, 5.74) is 3.34. The van der Waals surface area contributed by atoms with Gasteiger partial charge >= 0.3 is 6.36 Å². The highest BCUT2D eigenvalue weighted by Gasteiger charge is 2.31. The van der Waals surface area contributed by atoms with E-state index >= 15 is 0 Å². The molecule has 9 heteroatoms. The van der Waals surface area contributed by atoms with Crippen LogP contribution >= 0.6 is 0 Å². The zero-order chi connectivity index (χ0) is 20.4. The molecule has 0 amide bonds. The van der Waals surface area contributed by atoms with Crippen LogP contribution in [0.15, 0.2) is 60.9 Å². The SMILES string of the molecule is O=S1CCN(c2ccc(-c3cnn(-c4cccc(OC(F)(F)F)c4)c3)cc2)CC1. The predicted molar refractivity (Wildman–Crippen MR) is 106 cm³/mol. The normalized spacial score (nSPS) is 15.5. The Morgan fingerprint density at radius 2 is 1.69 bits per heavy atom. The molecular weight excluding hydrogens is 403 g/mol. The van der Waals surface area contributed by atoms with Gasteiger partial charge in [-0.05, 0) is 29.8 Å². The number of rotatable bonds is 4. The summed E-state index contributed by atoms with van der Waals surface area (Å²) in [5.74, 6) is 1.08. The van der Waals surface area contributed by atoms with E-state index in [1.54, 1.807) is 18.5 Å². The molecule has 5 nitrogen and oxygen atoms in total. The Morgan fingerprint density at radius 1 is 0.966 bits per heavy atom. The van der Waals surface area contributed by atoms with Crippen molar-refractivity contribution in [3.8, 4) is 22.6 Å². The molecule has 152 valence electrons. The molecule has 1 aliphatic heterocycles. The fourth-order valence-corrected chi connectivity index (χ4v) is 4.25. The predicted octanol–water partition coefficient (Wildman–Crippen LogP) is 4.01. The number of hydrogen-bond acceptors (Lipinski definition) is 4. The number of aromatic nitrogens is 2. The van der Waals surface area contributed by atoms with Crippen LogP contribution in [0.3, 0.4) is 0 Å². The van der Waals surface area contributed by atoms with E-state index in [-0.39, 0.29) is 5.75 Å². The van der Waals surface area contributed by atoms with E-state index in [1.807, 2.05) is 24.3 Å². The van der Waals surface area contributed by atoms with E-state index in [1.165, 1.54) is 22.9 Å². The van der Waals surface area contributed by atoms with Crippen LogP contribution in [0, 0.1) is 0 Å². The van der Waals surface area contributed by atoms with E-state index in [2.05, 4.69) is 14.7 Å². The van der Waals surface area contributed by atoms with Crippen LogP contribution in [0.5, 0.6) is 5.75 Å². The van der Waals surface area contributed by atoms with Gasteiger partial charge in [0.2, 0.25) is 0 Å². The summed E-state index contributed by atoms with van der Waals surface area (Å²) in [7, 11) is -0.716. The fraction of sp³-hybridized carbons (Fsp3) is 0.250. The Balaban J connectivity index is 1.50. The van der Waals surface area contributed by atoms with Crippen LogP contribution in [0.4, 0.5) is 18.9 Å². The van der Waals surface area contributed by atoms with E-state index < -0.39 is 17.2 Å².